The van der Waals surface area contributed by atoms with E-state index < -0.39 is 17.4 Å². The van der Waals surface area contributed by atoms with Gasteiger partial charge in [-0.1, -0.05) is 11.6 Å². The van der Waals surface area contributed by atoms with Crippen LogP contribution in [-0.2, 0) is 13.7 Å². The van der Waals surface area contributed by atoms with Crippen molar-refractivity contribution in [3.63, 3.8) is 0 Å². The Bertz CT molecular complexity index is 605. The standard InChI is InChI=1S/C12H9ClF2N2O2/c1-17-10(13)4-16-11(17)6-19-12-8(14)2-7(5-18)3-9(12)15/h2-5H,6H2,1H3. The van der Waals surface area contributed by atoms with E-state index in [1.54, 1.807) is 7.05 Å². The van der Waals surface area contributed by atoms with Crippen LogP contribution in [0.3, 0.4) is 0 Å². The maximum atomic E-state index is 13.5. The fourth-order valence-electron chi connectivity index (χ4n) is 1.48. The van der Waals surface area contributed by atoms with Crippen LogP contribution in [0.4, 0.5) is 8.78 Å². The van der Waals surface area contributed by atoms with Crippen molar-refractivity contribution in [2.75, 3.05) is 0 Å². The summed E-state index contributed by atoms with van der Waals surface area (Å²) < 4.78 is 33.6. The molecule has 0 saturated heterocycles. The molecule has 0 aliphatic rings. The van der Waals surface area contributed by atoms with Crippen LogP contribution in [0, 0.1) is 11.6 Å². The topological polar surface area (TPSA) is 44.1 Å². The summed E-state index contributed by atoms with van der Waals surface area (Å²) in [5.41, 5.74) is -0.0950. The van der Waals surface area contributed by atoms with Crippen molar-refractivity contribution >= 4 is 17.9 Å². The van der Waals surface area contributed by atoms with E-state index in [0.717, 1.165) is 12.1 Å². The SMILES string of the molecule is Cn1c(Cl)cnc1COc1c(F)cc(C=O)cc1F. The zero-order chi connectivity index (χ0) is 14.0. The summed E-state index contributed by atoms with van der Waals surface area (Å²) in [7, 11) is 1.65. The molecule has 4 nitrogen and oxygen atoms in total. The van der Waals surface area contributed by atoms with Gasteiger partial charge in [0.2, 0.25) is 0 Å². The highest BCUT2D eigenvalue weighted by Crippen LogP contribution is 2.24. The lowest BCUT2D eigenvalue weighted by Gasteiger charge is -2.09. The predicted octanol–water partition coefficient (Wildman–Crippen LogP) is 2.74. The highest BCUT2D eigenvalue weighted by molar-refractivity contribution is 6.29. The van der Waals surface area contributed by atoms with Gasteiger partial charge >= 0.3 is 0 Å². The summed E-state index contributed by atoms with van der Waals surface area (Å²) in [5.74, 6) is -2.02. The molecule has 0 aliphatic carbocycles. The average molecular weight is 287 g/mol. The van der Waals surface area contributed by atoms with Crippen molar-refractivity contribution in [1.82, 2.24) is 9.55 Å². The lowest BCUT2D eigenvalue weighted by Crippen LogP contribution is -2.06. The molecule has 0 bridgehead atoms. The normalized spacial score (nSPS) is 10.5. The van der Waals surface area contributed by atoms with Crippen LogP contribution >= 0.6 is 11.6 Å². The van der Waals surface area contributed by atoms with E-state index >= 15 is 0 Å². The number of imidazole rings is 1. The molecule has 2 rings (SSSR count). The molecule has 0 amide bonds. The summed E-state index contributed by atoms with van der Waals surface area (Å²) in [4.78, 5) is 14.4. The molecule has 1 heterocycles. The number of carbonyl (C=O) groups excluding carboxylic acids is 1. The zero-order valence-electron chi connectivity index (χ0n) is 9.86. The summed E-state index contributed by atoms with van der Waals surface area (Å²) in [6.45, 7) is -0.141. The number of nitrogens with zero attached hydrogens (tertiary/aromatic N) is 2. The van der Waals surface area contributed by atoms with E-state index in [9.17, 15) is 13.6 Å². The molecule has 0 spiro atoms. The molecule has 0 aliphatic heterocycles. The number of carbonyl (C=O) groups is 1. The quantitative estimate of drug-likeness (QED) is 0.812. The summed E-state index contributed by atoms with van der Waals surface area (Å²) in [6.07, 6.45) is 1.76. The van der Waals surface area contributed by atoms with E-state index in [-0.39, 0.29) is 12.2 Å². The van der Waals surface area contributed by atoms with E-state index in [0.29, 0.717) is 17.3 Å². The van der Waals surface area contributed by atoms with Crippen molar-refractivity contribution < 1.29 is 18.3 Å². The first kappa shape index (κ1) is 13.5. The van der Waals surface area contributed by atoms with Gasteiger partial charge < -0.3 is 9.30 Å². The largest absolute Gasteiger partial charge is 0.480 e. The molecule has 0 atom stereocenters. The van der Waals surface area contributed by atoms with Crippen LogP contribution in [0.1, 0.15) is 16.2 Å². The molecule has 100 valence electrons. The smallest absolute Gasteiger partial charge is 0.191 e. The van der Waals surface area contributed by atoms with Crippen LogP contribution in [0.25, 0.3) is 0 Å². The summed E-state index contributed by atoms with van der Waals surface area (Å²) in [5, 5.41) is 0.385. The number of halogens is 3. The second-order valence-corrected chi connectivity index (χ2v) is 4.16. The molecule has 1 aromatic heterocycles. The Hall–Kier alpha value is -1.95. The van der Waals surface area contributed by atoms with Gasteiger partial charge in [0, 0.05) is 12.6 Å². The van der Waals surface area contributed by atoms with Gasteiger partial charge in [0.15, 0.2) is 17.4 Å². The minimum Gasteiger partial charge on any atom is -0.480 e. The first-order valence-corrected chi connectivity index (χ1v) is 5.64. The maximum absolute atomic E-state index is 13.5. The first-order chi connectivity index (χ1) is 9.02. The van der Waals surface area contributed by atoms with Crippen LogP contribution in [0.2, 0.25) is 5.15 Å². The monoisotopic (exact) mass is 286 g/mol. The van der Waals surface area contributed by atoms with Crippen molar-refractivity contribution in [2.45, 2.75) is 6.61 Å². The molecule has 0 fully saturated rings. The Morgan fingerprint density at radius 1 is 1.42 bits per heavy atom. The molecule has 2 aromatic rings. The Kier molecular flexibility index (Phi) is 3.80. The minimum absolute atomic E-state index is 0.0950. The van der Waals surface area contributed by atoms with Crippen LogP contribution in [0.15, 0.2) is 18.3 Å². The molecular weight excluding hydrogens is 278 g/mol. The van der Waals surface area contributed by atoms with Crippen molar-refractivity contribution in [1.29, 1.82) is 0 Å². The van der Waals surface area contributed by atoms with E-state index in [4.69, 9.17) is 16.3 Å². The molecule has 0 saturated carbocycles. The van der Waals surface area contributed by atoms with E-state index in [2.05, 4.69) is 4.98 Å². The van der Waals surface area contributed by atoms with Gasteiger partial charge in [-0.15, -0.1) is 0 Å². The molecule has 0 unspecified atom stereocenters. The van der Waals surface area contributed by atoms with Gasteiger partial charge in [0.05, 0.1) is 6.20 Å². The average Bonchev–Trinajstić information content (AvgIpc) is 2.69. The number of hydrogen-bond acceptors (Lipinski definition) is 3. The highest BCUT2D eigenvalue weighted by atomic mass is 35.5. The molecular formula is C12H9ClF2N2O2. The Morgan fingerprint density at radius 3 is 2.53 bits per heavy atom. The summed E-state index contributed by atoms with van der Waals surface area (Å²) >= 11 is 5.77. The minimum atomic E-state index is -0.942. The number of benzene rings is 1. The van der Waals surface area contributed by atoms with Gasteiger partial charge in [0.1, 0.15) is 23.9 Å². The third-order valence-electron chi connectivity index (χ3n) is 2.53. The van der Waals surface area contributed by atoms with Gasteiger partial charge in [-0.2, -0.15) is 0 Å². The predicted molar refractivity (Wildman–Crippen MR) is 64.3 cm³/mol. The third-order valence-corrected chi connectivity index (χ3v) is 2.88. The van der Waals surface area contributed by atoms with E-state index in [1.165, 1.54) is 10.8 Å². The lowest BCUT2D eigenvalue weighted by atomic mass is 10.2. The Balaban J connectivity index is 2.20. The first-order valence-electron chi connectivity index (χ1n) is 5.26. The van der Waals surface area contributed by atoms with Gasteiger partial charge in [-0.25, -0.2) is 13.8 Å². The third kappa shape index (κ3) is 2.73. The van der Waals surface area contributed by atoms with Crippen LogP contribution in [0.5, 0.6) is 5.75 Å². The Morgan fingerprint density at radius 2 is 2.05 bits per heavy atom. The fraction of sp³-hybridized carbons (Fsp3) is 0.167. The molecule has 0 N–H and O–H groups in total. The van der Waals surface area contributed by atoms with Crippen molar-refractivity contribution in [3.8, 4) is 5.75 Å². The van der Waals surface area contributed by atoms with Crippen molar-refractivity contribution in [3.05, 3.63) is 46.5 Å². The second-order valence-electron chi connectivity index (χ2n) is 3.78. The maximum Gasteiger partial charge on any atom is 0.191 e. The van der Waals surface area contributed by atoms with Crippen LogP contribution in [-0.4, -0.2) is 15.8 Å². The lowest BCUT2D eigenvalue weighted by molar-refractivity contribution is 0.112. The number of aldehydes is 1. The molecule has 0 radical (unpaired) electrons. The van der Waals surface area contributed by atoms with Gasteiger partial charge in [-0.3, -0.25) is 4.79 Å². The molecule has 19 heavy (non-hydrogen) atoms. The van der Waals surface area contributed by atoms with Crippen molar-refractivity contribution in [2.24, 2.45) is 7.05 Å². The number of ether oxygens (including phenoxy) is 1. The second kappa shape index (κ2) is 5.36. The van der Waals surface area contributed by atoms with Gasteiger partial charge in [0.25, 0.3) is 0 Å². The number of rotatable bonds is 4. The summed E-state index contributed by atoms with van der Waals surface area (Å²) in [6, 6.07) is 1.80. The Labute approximate surface area is 112 Å². The number of hydrogen-bond donors (Lipinski definition) is 0. The number of aromatic nitrogens is 2. The molecule has 7 heteroatoms. The van der Waals surface area contributed by atoms with Crippen LogP contribution < -0.4 is 4.74 Å². The van der Waals surface area contributed by atoms with Gasteiger partial charge in [-0.05, 0) is 12.1 Å². The fourth-order valence-corrected chi connectivity index (χ4v) is 1.63. The molecule has 1 aromatic carbocycles. The highest BCUT2D eigenvalue weighted by Gasteiger charge is 2.14. The van der Waals surface area contributed by atoms with E-state index in [1.807, 2.05) is 0 Å². The zero-order valence-corrected chi connectivity index (χ0v) is 10.6.